The van der Waals surface area contributed by atoms with Gasteiger partial charge in [-0.05, 0) is 48.8 Å². The summed E-state index contributed by atoms with van der Waals surface area (Å²) in [5.74, 6) is 0.909. The average Bonchev–Trinajstić information content (AvgIpc) is 2.69. The lowest BCUT2D eigenvalue weighted by Crippen LogP contribution is -2.32. The van der Waals surface area contributed by atoms with E-state index in [-0.39, 0.29) is 6.04 Å². The van der Waals surface area contributed by atoms with Gasteiger partial charge < -0.3 is 10.1 Å². The minimum absolute atomic E-state index is 0.258. The normalized spacial score (nSPS) is 12.4. The van der Waals surface area contributed by atoms with Gasteiger partial charge in [-0.25, -0.2) is 0 Å². The van der Waals surface area contributed by atoms with E-state index in [1.807, 2.05) is 30.8 Å². The maximum absolute atomic E-state index is 5.78. The van der Waals surface area contributed by atoms with Gasteiger partial charge in [0, 0.05) is 19.6 Å². The van der Waals surface area contributed by atoms with Crippen molar-refractivity contribution in [3.05, 3.63) is 45.7 Å². The second-order valence-electron chi connectivity index (χ2n) is 5.38. The molecule has 0 aliphatic carbocycles. The average molecular weight is 352 g/mol. The van der Waals surface area contributed by atoms with Crippen molar-refractivity contribution in [3.8, 4) is 5.75 Å². The number of aromatic nitrogens is 2. The number of ether oxygens (including phenoxy) is 1. The van der Waals surface area contributed by atoms with Crippen LogP contribution < -0.4 is 10.1 Å². The van der Waals surface area contributed by atoms with Crippen molar-refractivity contribution in [1.82, 2.24) is 15.1 Å². The molecule has 0 aliphatic heterocycles. The van der Waals surface area contributed by atoms with Crippen LogP contribution in [0.15, 0.2) is 28.7 Å². The van der Waals surface area contributed by atoms with E-state index < -0.39 is 0 Å². The van der Waals surface area contributed by atoms with Crippen molar-refractivity contribution in [1.29, 1.82) is 0 Å². The molecule has 2 aromatic rings. The van der Waals surface area contributed by atoms with Gasteiger partial charge in [-0.15, -0.1) is 0 Å². The first-order valence-corrected chi connectivity index (χ1v) is 7.87. The van der Waals surface area contributed by atoms with Crippen LogP contribution in [0, 0.1) is 13.8 Å². The smallest absolute Gasteiger partial charge is 0.119 e. The van der Waals surface area contributed by atoms with Crippen molar-refractivity contribution < 1.29 is 4.74 Å². The van der Waals surface area contributed by atoms with E-state index in [2.05, 4.69) is 52.3 Å². The zero-order chi connectivity index (χ0) is 15.4. The van der Waals surface area contributed by atoms with Gasteiger partial charge in [0.25, 0.3) is 0 Å². The Kier molecular flexibility index (Phi) is 5.42. The Morgan fingerprint density at radius 3 is 2.52 bits per heavy atom. The fourth-order valence-corrected chi connectivity index (χ4v) is 2.53. The SMILES string of the molecule is Cc1ccc(OCC(C)NCc2c(Br)c(C)nn2C)cc1. The zero-order valence-corrected chi connectivity index (χ0v) is 14.6. The second-order valence-corrected chi connectivity index (χ2v) is 6.17. The molecule has 2 rings (SSSR count). The molecule has 0 aliphatic rings. The predicted molar refractivity (Wildman–Crippen MR) is 88.6 cm³/mol. The van der Waals surface area contributed by atoms with Crippen LogP contribution in [0.5, 0.6) is 5.75 Å². The molecule has 1 N–H and O–H groups in total. The first-order chi connectivity index (χ1) is 9.97. The third-order valence-corrected chi connectivity index (χ3v) is 4.43. The Balaban J connectivity index is 1.82. The zero-order valence-electron chi connectivity index (χ0n) is 13.0. The number of hydrogen-bond donors (Lipinski definition) is 1. The molecule has 1 atom stereocenters. The third kappa shape index (κ3) is 4.32. The van der Waals surface area contributed by atoms with Gasteiger partial charge in [-0.3, -0.25) is 4.68 Å². The van der Waals surface area contributed by atoms with Crippen LogP contribution in [0.3, 0.4) is 0 Å². The number of benzene rings is 1. The Hall–Kier alpha value is -1.33. The molecule has 1 heterocycles. The lowest BCUT2D eigenvalue weighted by Gasteiger charge is -2.15. The van der Waals surface area contributed by atoms with Crippen LogP contribution in [-0.4, -0.2) is 22.4 Å². The molecule has 5 heteroatoms. The van der Waals surface area contributed by atoms with Crippen LogP contribution in [0.25, 0.3) is 0 Å². The van der Waals surface area contributed by atoms with E-state index in [1.54, 1.807) is 0 Å². The summed E-state index contributed by atoms with van der Waals surface area (Å²) < 4.78 is 8.76. The highest BCUT2D eigenvalue weighted by atomic mass is 79.9. The molecule has 0 radical (unpaired) electrons. The van der Waals surface area contributed by atoms with Crippen LogP contribution in [0.1, 0.15) is 23.9 Å². The number of nitrogens with one attached hydrogen (secondary N) is 1. The first kappa shape index (κ1) is 16.0. The second kappa shape index (κ2) is 7.09. The monoisotopic (exact) mass is 351 g/mol. The maximum atomic E-state index is 5.78. The van der Waals surface area contributed by atoms with Crippen LogP contribution in [-0.2, 0) is 13.6 Å². The van der Waals surface area contributed by atoms with E-state index in [0.717, 1.165) is 28.2 Å². The summed E-state index contributed by atoms with van der Waals surface area (Å²) in [4.78, 5) is 0. The standard InChI is InChI=1S/C16H22BrN3O/c1-11-5-7-14(8-6-11)21-10-12(2)18-9-15-16(17)13(3)19-20(15)4/h5-8,12,18H,9-10H2,1-4H3. The van der Waals surface area contributed by atoms with E-state index in [4.69, 9.17) is 4.74 Å². The minimum atomic E-state index is 0.258. The molecule has 0 fully saturated rings. The fraction of sp³-hybridized carbons (Fsp3) is 0.438. The predicted octanol–water partition coefficient (Wildman–Crippen LogP) is 3.36. The summed E-state index contributed by atoms with van der Waals surface area (Å²) in [5, 5.41) is 7.85. The molecular weight excluding hydrogens is 330 g/mol. The lowest BCUT2D eigenvalue weighted by molar-refractivity contribution is 0.271. The van der Waals surface area contributed by atoms with Gasteiger partial charge in [-0.2, -0.15) is 5.10 Å². The quantitative estimate of drug-likeness (QED) is 0.867. The van der Waals surface area contributed by atoms with Crippen molar-refractivity contribution in [2.24, 2.45) is 7.05 Å². The number of nitrogens with zero attached hydrogens (tertiary/aromatic N) is 2. The van der Waals surface area contributed by atoms with Crippen molar-refractivity contribution >= 4 is 15.9 Å². The molecule has 0 spiro atoms. The molecule has 1 unspecified atom stereocenters. The highest BCUT2D eigenvalue weighted by molar-refractivity contribution is 9.10. The van der Waals surface area contributed by atoms with Crippen molar-refractivity contribution in [2.45, 2.75) is 33.4 Å². The Labute approximate surface area is 134 Å². The van der Waals surface area contributed by atoms with Gasteiger partial charge >= 0.3 is 0 Å². The first-order valence-electron chi connectivity index (χ1n) is 7.08. The summed E-state index contributed by atoms with van der Waals surface area (Å²) >= 11 is 3.58. The molecule has 114 valence electrons. The summed E-state index contributed by atoms with van der Waals surface area (Å²) in [6.45, 7) is 7.58. The van der Waals surface area contributed by atoms with E-state index in [9.17, 15) is 0 Å². The Morgan fingerprint density at radius 1 is 1.29 bits per heavy atom. The van der Waals surface area contributed by atoms with Gasteiger partial charge in [0.1, 0.15) is 12.4 Å². The van der Waals surface area contributed by atoms with Crippen LogP contribution in [0.2, 0.25) is 0 Å². The molecule has 21 heavy (non-hydrogen) atoms. The molecule has 0 amide bonds. The molecule has 0 bridgehead atoms. The van der Waals surface area contributed by atoms with E-state index in [0.29, 0.717) is 6.61 Å². The van der Waals surface area contributed by atoms with Gasteiger partial charge in [0.2, 0.25) is 0 Å². The highest BCUT2D eigenvalue weighted by Gasteiger charge is 2.11. The van der Waals surface area contributed by atoms with Crippen molar-refractivity contribution in [3.63, 3.8) is 0 Å². The van der Waals surface area contributed by atoms with Crippen molar-refractivity contribution in [2.75, 3.05) is 6.61 Å². The number of rotatable bonds is 6. The fourth-order valence-electron chi connectivity index (χ4n) is 2.06. The van der Waals surface area contributed by atoms with Gasteiger partial charge in [-0.1, -0.05) is 17.7 Å². The lowest BCUT2D eigenvalue weighted by atomic mass is 10.2. The number of aryl methyl sites for hydroxylation is 3. The summed E-state index contributed by atoms with van der Waals surface area (Å²) in [6.07, 6.45) is 0. The topological polar surface area (TPSA) is 39.1 Å². The molecule has 0 saturated carbocycles. The summed E-state index contributed by atoms with van der Waals surface area (Å²) in [7, 11) is 1.96. The molecular formula is C16H22BrN3O. The molecule has 0 saturated heterocycles. The summed E-state index contributed by atoms with van der Waals surface area (Å²) in [5.41, 5.74) is 3.40. The van der Waals surface area contributed by atoms with E-state index >= 15 is 0 Å². The van der Waals surface area contributed by atoms with E-state index in [1.165, 1.54) is 5.56 Å². The molecule has 1 aromatic heterocycles. The van der Waals surface area contributed by atoms with Crippen LogP contribution in [0.4, 0.5) is 0 Å². The largest absolute Gasteiger partial charge is 0.492 e. The third-order valence-electron chi connectivity index (χ3n) is 3.40. The Bertz CT molecular complexity index is 592. The maximum Gasteiger partial charge on any atom is 0.119 e. The minimum Gasteiger partial charge on any atom is -0.492 e. The molecule has 4 nitrogen and oxygen atoms in total. The Morgan fingerprint density at radius 2 is 1.95 bits per heavy atom. The molecule has 1 aromatic carbocycles. The van der Waals surface area contributed by atoms with Gasteiger partial charge in [0.05, 0.1) is 15.9 Å². The number of hydrogen-bond acceptors (Lipinski definition) is 3. The summed E-state index contributed by atoms with van der Waals surface area (Å²) in [6, 6.07) is 8.38. The highest BCUT2D eigenvalue weighted by Crippen LogP contribution is 2.20. The number of halogens is 1. The van der Waals surface area contributed by atoms with Crippen LogP contribution >= 0.6 is 15.9 Å². The van der Waals surface area contributed by atoms with Gasteiger partial charge in [0.15, 0.2) is 0 Å².